The van der Waals surface area contributed by atoms with Crippen LogP contribution in [-0.4, -0.2) is 20.8 Å². The lowest BCUT2D eigenvalue weighted by Crippen LogP contribution is -2.00. The first-order chi connectivity index (χ1) is 10.8. The molecule has 2 aromatic heterocycles. The lowest BCUT2D eigenvalue weighted by atomic mass is 10.1. The third-order valence-corrected chi connectivity index (χ3v) is 3.77. The number of nitriles is 1. The zero-order valence-electron chi connectivity index (χ0n) is 11.4. The Balaban J connectivity index is 1.90. The topological polar surface area (TPSA) is 71.6 Å². The van der Waals surface area contributed by atoms with Gasteiger partial charge < -0.3 is 0 Å². The molecule has 3 rings (SSSR count). The highest BCUT2D eigenvalue weighted by Gasteiger charge is 2.13. The van der Waals surface area contributed by atoms with Crippen molar-refractivity contribution in [2.75, 3.05) is 0 Å². The van der Waals surface area contributed by atoms with Gasteiger partial charge in [0.15, 0.2) is 0 Å². The van der Waals surface area contributed by atoms with E-state index in [9.17, 15) is 10.1 Å². The second-order valence-electron chi connectivity index (χ2n) is 4.37. The van der Waals surface area contributed by atoms with E-state index in [0.29, 0.717) is 10.6 Å². The summed E-state index contributed by atoms with van der Waals surface area (Å²) >= 11 is 1.30. The standard InChI is InChI=1S/C16H10N4OS/c17-10-12(16(21)15-7-4-8-22-15)9-13-11-18-20(19-13)14-5-2-1-3-6-14/h1-9,11H/b12-9+. The molecular formula is C16H10N4OS. The maximum Gasteiger partial charge on any atom is 0.213 e. The Morgan fingerprint density at radius 3 is 2.73 bits per heavy atom. The number of nitrogens with zero attached hydrogens (tertiary/aromatic N) is 4. The third-order valence-electron chi connectivity index (χ3n) is 2.90. The van der Waals surface area contributed by atoms with Gasteiger partial charge in [0.25, 0.3) is 0 Å². The molecule has 0 unspecified atom stereocenters. The maximum absolute atomic E-state index is 12.2. The van der Waals surface area contributed by atoms with E-state index in [1.807, 2.05) is 36.4 Å². The van der Waals surface area contributed by atoms with Crippen molar-refractivity contribution in [2.24, 2.45) is 0 Å². The van der Waals surface area contributed by atoms with Crippen molar-refractivity contribution < 1.29 is 4.79 Å². The minimum atomic E-state index is -0.299. The molecule has 0 N–H and O–H groups in total. The van der Waals surface area contributed by atoms with Crippen molar-refractivity contribution in [1.82, 2.24) is 15.0 Å². The average Bonchev–Trinajstić information content (AvgIpc) is 3.24. The molecule has 0 saturated carbocycles. The van der Waals surface area contributed by atoms with E-state index in [-0.39, 0.29) is 11.4 Å². The fraction of sp³-hybridized carbons (Fsp3) is 0. The van der Waals surface area contributed by atoms with Crippen molar-refractivity contribution >= 4 is 23.2 Å². The molecule has 3 aromatic rings. The number of carbonyl (C=O) groups is 1. The summed E-state index contributed by atoms with van der Waals surface area (Å²) in [6, 6.07) is 14.8. The van der Waals surface area contributed by atoms with Crippen LogP contribution < -0.4 is 0 Å². The van der Waals surface area contributed by atoms with E-state index in [2.05, 4.69) is 10.2 Å². The highest BCUT2D eigenvalue weighted by molar-refractivity contribution is 7.12. The second-order valence-corrected chi connectivity index (χ2v) is 5.32. The molecule has 0 bridgehead atoms. The number of para-hydroxylation sites is 1. The molecule has 5 nitrogen and oxygen atoms in total. The number of ketones is 1. The van der Waals surface area contributed by atoms with Gasteiger partial charge in [-0.2, -0.15) is 15.2 Å². The molecule has 0 spiro atoms. The summed E-state index contributed by atoms with van der Waals surface area (Å²) in [4.78, 5) is 14.2. The van der Waals surface area contributed by atoms with Crippen LogP contribution in [0.1, 0.15) is 15.4 Å². The van der Waals surface area contributed by atoms with E-state index in [4.69, 9.17) is 0 Å². The van der Waals surface area contributed by atoms with E-state index in [1.54, 1.807) is 17.5 Å². The SMILES string of the molecule is N#C/C(=C\c1cnn(-c2ccccc2)n1)C(=O)c1cccs1. The predicted molar refractivity (Wildman–Crippen MR) is 83.6 cm³/mol. The number of Topliss-reactive ketones (excluding diaryl/α,β-unsaturated/α-hetero) is 1. The van der Waals surface area contributed by atoms with Crippen molar-refractivity contribution in [3.05, 3.63) is 70.2 Å². The number of carbonyl (C=O) groups excluding carboxylic acids is 1. The van der Waals surface area contributed by atoms with Gasteiger partial charge in [0, 0.05) is 0 Å². The van der Waals surface area contributed by atoms with Gasteiger partial charge in [-0.15, -0.1) is 16.4 Å². The molecule has 0 aliphatic carbocycles. The predicted octanol–water partition coefficient (Wildman–Crippen LogP) is 3.12. The van der Waals surface area contributed by atoms with Gasteiger partial charge >= 0.3 is 0 Å². The summed E-state index contributed by atoms with van der Waals surface area (Å²) in [5, 5.41) is 19.4. The smallest absolute Gasteiger partial charge is 0.213 e. The van der Waals surface area contributed by atoms with Crippen LogP contribution in [0.4, 0.5) is 0 Å². The monoisotopic (exact) mass is 306 g/mol. The Hall–Kier alpha value is -3.04. The molecule has 0 aliphatic heterocycles. The van der Waals surface area contributed by atoms with Gasteiger partial charge in [0.1, 0.15) is 17.3 Å². The molecule has 0 radical (unpaired) electrons. The number of hydrogen-bond acceptors (Lipinski definition) is 5. The van der Waals surface area contributed by atoms with Crippen LogP contribution in [0.2, 0.25) is 0 Å². The largest absolute Gasteiger partial charge is 0.287 e. The zero-order valence-corrected chi connectivity index (χ0v) is 12.2. The molecule has 0 fully saturated rings. The fourth-order valence-corrected chi connectivity index (χ4v) is 2.54. The van der Waals surface area contributed by atoms with Crippen molar-refractivity contribution in [1.29, 1.82) is 5.26 Å². The molecule has 0 aliphatic rings. The van der Waals surface area contributed by atoms with Crippen molar-refractivity contribution in [3.8, 4) is 11.8 Å². The average molecular weight is 306 g/mol. The first-order valence-electron chi connectivity index (χ1n) is 6.46. The van der Waals surface area contributed by atoms with Crippen molar-refractivity contribution in [3.63, 3.8) is 0 Å². The van der Waals surface area contributed by atoms with Gasteiger partial charge in [-0.25, -0.2) is 0 Å². The summed E-state index contributed by atoms with van der Waals surface area (Å²) in [6.07, 6.45) is 2.97. The van der Waals surface area contributed by atoms with E-state index < -0.39 is 0 Å². The number of rotatable bonds is 4. The fourth-order valence-electron chi connectivity index (χ4n) is 1.86. The molecule has 0 saturated heterocycles. The van der Waals surface area contributed by atoms with Gasteiger partial charge in [-0.3, -0.25) is 4.79 Å². The molecule has 1 aromatic carbocycles. The van der Waals surface area contributed by atoms with Crippen LogP contribution in [-0.2, 0) is 0 Å². The summed E-state index contributed by atoms with van der Waals surface area (Å²) in [7, 11) is 0. The lowest BCUT2D eigenvalue weighted by molar-refractivity contribution is 0.104. The quantitative estimate of drug-likeness (QED) is 0.422. The van der Waals surface area contributed by atoms with Crippen LogP contribution in [0.25, 0.3) is 11.8 Å². The summed E-state index contributed by atoms with van der Waals surface area (Å²) in [6.45, 7) is 0. The first kappa shape index (κ1) is 13.9. The second kappa shape index (κ2) is 6.16. The third kappa shape index (κ3) is 2.85. The highest BCUT2D eigenvalue weighted by Crippen LogP contribution is 2.16. The number of hydrogen-bond donors (Lipinski definition) is 0. The maximum atomic E-state index is 12.2. The molecule has 6 heteroatoms. The molecule has 106 valence electrons. The highest BCUT2D eigenvalue weighted by atomic mass is 32.1. The molecular weight excluding hydrogens is 296 g/mol. The Bertz CT molecular complexity index is 857. The van der Waals surface area contributed by atoms with Crippen LogP contribution >= 0.6 is 11.3 Å². The molecule has 0 atom stereocenters. The minimum absolute atomic E-state index is 0.0440. The Kier molecular flexibility index (Phi) is 3.90. The van der Waals surface area contributed by atoms with Crippen LogP contribution in [0.15, 0.2) is 59.6 Å². The van der Waals surface area contributed by atoms with Crippen LogP contribution in [0.5, 0.6) is 0 Å². The number of thiophene rings is 1. The number of benzene rings is 1. The van der Waals surface area contributed by atoms with Gasteiger partial charge in [0.2, 0.25) is 5.78 Å². The molecule has 0 amide bonds. The van der Waals surface area contributed by atoms with Crippen molar-refractivity contribution in [2.45, 2.75) is 0 Å². The van der Waals surface area contributed by atoms with Crippen LogP contribution in [0.3, 0.4) is 0 Å². The normalized spacial score (nSPS) is 11.1. The summed E-state index contributed by atoms with van der Waals surface area (Å²) in [5.74, 6) is -0.299. The summed E-state index contributed by atoms with van der Waals surface area (Å²) in [5.41, 5.74) is 1.32. The van der Waals surface area contributed by atoms with Gasteiger partial charge in [-0.05, 0) is 29.7 Å². The minimum Gasteiger partial charge on any atom is -0.287 e. The first-order valence-corrected chi connectivity index (χ1v) is 7.33. The lowest BCUT2D eigenvalue weighted by Gasteiger charge is -1.97. The molecule has 22 heavy (non-hydrogen) atoms. The Morgan fingerprint density at radius 1 is 1.23 bits per heavy atom. The van der Waals surface area contributed by atoms with Crippen LogP contribution in [0, 0.1) is 11.3 Å². The molecule has 2 heterocycles. The Morgan fingerprint density at radius 2 is 2.05 bits per heavy atom. The number of aromatic nitrogens is 3. The van der Waals surface area contributed by atoms with E-state index >= 15 is 0 Å². The van der Waals surface area contributed by atoms with Gasteiger partial charge in [0.05, 0.1) is 16.8 Å². The van der Waals surface area contributed by atoms with Gasteiger partial charge in [-0.1, -0.05) is 24.3 Å². The summed E-state index contributed by atoms with van der Waals surface area (Å²) < 4.78 is 0. The zero-order chi connectivity index (χ0) is 15.4. The van der Waals surface area contributed by atoms with E-state index in [0.717, 1.165) is 5.69 Å². The van der Waals surface area contributed by atoms with E-state index in [1.165, 1.54) is 28.4 Å². The Labute approximate surface area is 130 Å². The number of allylic oxidation sites excluding steroid dienone is 1.